The third-order valence-corrected chi connectivity index (χ3v) is 1.48. The zero-order chi connectivity index (χ0) is 10.2. The Kier molecular flexibility index (Phi) is 3.91. The second kappa shape index (κ2) is 5.50. The van der Waals surface area contributed by atoms with Crippen LogP contribution in [0.5, 0.6) is 0 Å². The normalized spacial score (nSPS) is 9.71. The smallest absolute Gasteiger partial charge is 0.151 e. The van der Waals surface area contributed by atoms with Crippen molar-refractivity contribution in [1.29, 1.82) is 0 Å². The van der Waals surface area contributed by atoms with Crippen LogP contribution in [0.25, 0.3) is 16.5 Å². The van der Waals surface area contributed by atoms with Gasteiger partial charge in [0.05, 0.1) is 5.69 Å². The molecule has 1 aromatic heterocycles. The molecule has 0 saturated carbocycles. The summed E-state index contributed by atoms with van der Waals surface area (Å²) >= 11 is 0. The Balaban J connectivity index is 2.63. The van der Waals surface area contributed by atoms with E-state index in [2.05, 4.69) is 15.0 Å². The van der Waals surface area contributed by atoms with Gasteiger partial charge in [0.25, 0.3) is 0 Å². The Morgan fingerprint density at radius 1 is 1.57 bits per heavy atom. The molecule has 5 nitrogen and oxygen atoms in total. The highest BCUT2D eigenvalue weighted by Crippen LogP contribution is 1.99. The zero-order valence-electron chi connectivity index (χ0n) is 7.37. The predicted molar refractivity (Wildman–Crippen MR) is 52.7 cm³/mol. The van der Waals surface area contributed by atoms with Gasteiger partial charge in [-0.05, 0) is 23.7 Å². The SMILES string of the molecule is [N-]=[N+]=NCC=Cc1ccc(C=O)cn1. The number of hydrogen-bond acceptors (Lipinski definition) is 3. The molecule has 0 unspecified atom stereocenters. The number of aldehydes is 1. The van der Waals surface area contributed by atoms with Gasteiger partial charge in [0.1, 0.15) is 0 Å². The first-order valence-electron chi connectivity index (χ1n) is 3.95. The van der Waals surface area contributed by atoms with Crippen molar-refractivity contribution >= 4 is 12.4 Å². The van der Waals surface area contributed by atoms with E-state index in [9.17, 15) is 4.79 Å². The molecule has 70 valence electrons. The maximum absolute atomic E-state index is 10.3. The molecule has 1 rings (SSSR count). The monoisotopic (exact) mass is 188 g/mol. The van der Waals surface area contributed by atoms with Crippen molar-refractivity contribution in [1.82, 2.24) is 4.98 Å². The van der Waals surface area contributed by atoms with Crippen molar-refractivity contribution in [2.45, 2.75) is 0 Å². The van der Waals surface area contributed by atoms with Gasteiger partial charge in [-0.15, -0.1) is 0 Å². The molecule has 14 heavy (non-hydrogen) atoms. The van der Waals surface area contributed by atoms with E-state index >= 15 is 0 Å². The van der Waals surface area contributed by atoms with Gasteiger partial charge in [-0.1, -0.05) is 11.2 Å². The Bertz CT molecular complexity index is 376. The molecule has 0 aliphatic carbocycles. The first-order valence-corrected chi connectivity index (χ1v) is 3.95. The summed E-state index contributed by atoms with van der Waals surface area (Å²) in [6, 6.07) is 3.39. The summed E-state index contributed by atoms with van der Waals surface area (Å²) in [4.78, 5) is 16.9. The molecule has 0 aliphatic rings. The molecule has 0 spiro atoms. The van der Waals surface area contributed by atoms with E-state index in [-0.39, 0.29) is 0 Å². The first-order chi connectivity index (χ1) is 6.86. The average Bonchev–Trinajstić information content (AvgIpc) is 2.25. The van der Waals surface area contributed by atoms with Gasteiger partial charge in [0.2, 0.25) is 0 Å². The summed E-state index contributed by atoms with van der Waals surface area (Å²) in [7, 11) is 0. The zero-order valence-corrected chi connectivity index (χ0v) is 7.37. The topological polar surface area (TPSA) is 78.7 Å². The van der Waals surface area contributed by atoms with Gasteiger partial charge >= 0.3 is 0 Å². The van der Waals surface area contributed by atoms with Crippen molar-refractivity contribution in [2.24, 2.45) is 5.11 Å². The van der Waals surface area contributed by atoms with Crippen LogP contribution in [-0.2, 0) is 0 Å². The van der Waals surface area contributed by atoms with Crippen LogP contribution in [-0.4, -0.2) is 17.8 Å². The van der Waals surface area contributed by atoms with E-state index in [1.807, 2.05) is 0 Å². The molecule has 0 saturated heterocycles. The minimum absolute atomic E-state index is 0.299. The Morgan fingerprint density at radius 2 is 2.43 bits per heavy atom. The fourth-order valence-corrected chi connectivity index (χ4v) is 0.842. The van der Waals surface area contributed by atoms with Crippen molar-refractivity contribution in [3.05, 3.63) is 46.1 Å². The Labute approximate surface area is 80.7 Å². The van der Waals surface area contributed by atoms with Crippen molar-refractivity contribution < 1.29 is 4.79 Å². The fourth-order valence-electron chi connectivity index (χ4n) is 0.842. The van der Waals surface area contributed by atoms with Crippen molar-refractivity contribution in [3.8, 4) is 0 Å². The van der Waals surface area contributed by atoms with E-state index in [0.717, 1.165) is 12.0 Å². The van der Waals surface area contributed by atoms with Gasteiger partial charge in [-0.2, -0.15) is 0 Å². The second-order valence-corrected chi connectivity index (χ2v) is 2.45. The van der Waals surface area contributed by atoms with Crippen LogP contribution in [0.1, 0.15) is 16.1 Å². The van der Waals surface area contributed by atoms with E-state index in [1.54, 1.807) is 24.3 Å². The van der Waals surface area contributed by atoms with Crippen LogP contribution in [0.15, 0.2) is 29.5 Å². The molecule has 0 bridgehead atoms. The summed E-state index contributed by atoms with van der Waals surface area (Å²) in [5.41, 5.74) is 9.27. The number of carbonyl (C=O) groups excluding carboxylic acids is 1. The molecule has 0 N–H and O–H groups in total. The highest BCUT2D eigenvalue weighted by Gasteiger charge is 1.89. The number of nitrogens with zero attached hydrogens (tertiary/aromatic N) is 4. The lowest BCUT2D eigenvalue weighted by atomic mass is 10.2. The standard InChI is InChI=1S/C9H8N4O/c10-13-12-5-1-2-9-4-3-8(7-14)6-11-9/h1-4,6-7H,5H2. The number of aromatic nitrogens is 1. The molecule has 5 heteroatoms. The third kappa shape index (κ3) is 3.08. The number of carbonyl (C=O) groups is 1. The lowest BCUT2D eigenvalue weighted by Crippen LogP contribution is -1.84. The molecule has 1 heterocycles. The van der Waals surface area contributed by atoms with E-state index in [1.165, 1.54) is 6.20 Å². The van der Waals surface area contributed by atoms with Gasteiger partial charge in [0, 0.05) is 23.2 Å². The third-order valence-electron chi connectivity index (χ3n) is 1.48. The number of azide groups is 1. The molecule has 0 aliphatic heterocycles. The van der Waals surface area contributed by atoms with Crippen LogP contribution < -0.4 is 0 Å². The largest absolute Gasteiger partial charge is 0.298 e. The summed E-state index contributed by atoms with van der Waals surface area (Å²) in [6.07, 6.45) is 5.65. The molecule has 0 amide bonds. The Morgan fingerprint density at radius 3 is 3.00 bits per heavy atom. The Hall–Kier alpha value is -2.13. The van der Waals surface area contributed by atoms with Crippen LogP contribution in [0, 0.1) is 0 Å². The number of rotatable bonds is 4. The van der Waals surface area contributed by atoms with Crippen molar-refractivity contribution in [3.63, 3.8) is 0 Å². The summed E-state index contributed by atoms with van der Waals surface area (Å²) in [5.74, 6) is 0. The summed E-state index contributed by atoms with van der Waals surface area (Å²) in [5, 5.41) is 3.33. The minimum Gasteiger partial charge on any atom is -0.298 e. The number of hydrogen-bond donors (Lipinski definition) is 0. The van der Waals surface area contributed by atoms with Gasteiger partial charge in [0.15, 0.2) is 6.29 Å². The average molecular weight is 188 g/mol. The van der Waals surface area contributed by atoms with Crippen LogP contribution in [0.4, 0.5) is 0 Å². The molecule has 0 atom stereocenters. The quantitative estimate of drug-likeness (QED) is 0.314. The minimum atomic E-state index is 0.299. The maximum atomic E-state index is 10.3. The first kappa shape index (κ1) is 9.95. The number of pyridine rings is 1. The van der Waals surface area contributed by atoms with Gasteiger partial charge in [-0.3, -0.25) is 9.78 Å². The molecule has 1 aromatic rings. The predicted octanol–water partition coefficient (Wildman–Crippen LogP) is 2.22. The van der Waals surface area contributed by atoms with Crippen LogP contribution >= 0.6 is 0 Å². The molecular formula is C9H8N4O. The van der Waals surface area contributed by atoms with Gasteiger partial charge in [-0.25, -0.2) is 0 Å². The van der Waals surface area contributed by atoms with E-state index < -0.39 is 0 Å². The fraction of sp³-hybridized carbons (Fsp3) is 0.111. The van der Waals surface area contributed by atoms with Crippen molar-refractivity contribution in [2.75, 3.05) is 6.54 Å². The summed E-state index contributed by atoms with van der Waals surface area (Å²) in [6.45, 7) is 0.299. The maximum Gasteiger partial charge on any atom is 0.151 e. The van der Waals surface area contributed by atoms with E-state index in [0.29, 0.717) is 12.1 Å². The molecule has 0 fully saturated rings. The molecule has 0 aromatic carbocycles. The van der Waals surface area contributed by atoms with Crippen LogP contribution in [0.3, 0.4) is 0 Å². The second-order valence-electron chi connectivity index (χ2n) is 2.45. The van der Waals surface area contributed by atoms with Crippen LogP contribution in [0.2, 0.25) is 0 Å². The highest BCUT2D eigenvalue weighted by molar-refractivity contribution is 5.74. The van der Waals surface area contributed by atoms with Gasteiger partial charge < -0.3 is 0 Å². The molecular weight excluding hydrogens is 180 g/mol. The summed E-state index contributed by atoms with van der Waals surface area (Å²) < 4.78 is 0. The highest BCUT2D eigenvalue weighted by atomic mass is 16.1. The lowest BCUT2D eigenvalue weighted by molar-refractivity contribution is 0.112. The van der Waals surface area contributed by atoms with E-state index in [4.69, 9.17) is 5.53 Å². The lowest BCUT2D eigenvalue weighted by Gasteiger charge is -1.91. The molecule has 0 radical (unpaired) electrons.